The Morgan fingerprint density at radius 1 is 1.15 bits per heavy atom. The Morgan fingerprint density at radius 2 is 1.75 bits per heavy atom. The molecule has 0 aliphatic heterocycles. The second kappa shape index (κ2) is 5.47. The van der Waals surface area contributed by atoms with Crippen molar-refractivity contribution in [2.45, 2.75) is 0 Å². The number of hydrogen-bond acceptors (Lipinski definition) is 7. The summed E-state index contributed by atoms with van der Waals surface area (Å²) < 4.78 is 20.5. The van der Waals surface area contributed by atoms with E-state index in [-0.39, 0.29) is 11.4 Å². The highest BCUT2D eigenvalue weighted by Crippen LogP contribution is 2.42. The van der Waals surface area contributed by atoms with Crippen LogP contribution in [-0.2, 0) is 0 Å². The van der Waals surface area contributed by atoms with E-state index in [1.807, 2.05) is 0 Å². The summed E-state index contributed by atoms with van der Waals surface area (Å²) >= 11 is 0. The molecule has 8 heteroatoms. The van der Waals surface area contributed by atoms with Crippen molar-refractivity contribution in [3.63, 3.8) is 0 Å². The number of ether oxygens (including phenoxy) is 3. The van der Waals surface area contributed by atoms with Gasteiger partial charge in [-0.15, -0.1) is 0 Å². The molecule has 0 saturated carbocycles. The molecular weight excluding hydrogens is 268 g/mol. The van der Waals surface area contributed by atoms with Crippen LogP contribution in [-0.4, -0.2) is 31.4 Å². The molecular formula is C12H12N2O6. The third-order valence-electron chi connectivity index (χ3n) is 2.68. The lowest BCUT2D eigenvalue weighted by Crippen LogP contribution is -1.96. The Kier molecular flexibility index (Phi) is 3.74. The Hall–Kier alpha value is -2.77. The molecule has 0 spiro atoms. The first-order valence-corrected chi connectivity index (χ1v) is 5.51. The molecule has 0 aliphatic carbocycles. The standard InChI is InChI=1S/C12H12N2O6/c1-17-9-4-7(5-10(18-2)12(9)19-3)11-8(14(15)16)6-13-20-11/h4-6H,1-3H3. The van der Waals surface area contributed by atoms with E-state index in [1.165, 1.54) is 21.3 Å². The van der Waals surface area contributed by atoms with Crippen molar-refractivity contribution in [2.75, 3.05) is 21.3 Å². The van der Waals surface area contributed by atoms with Crippen molar-refractivity contribution in [3.8, 4) is 28.6 Å². The highest BCUT2D eigenvalue weighted by Gasteiger charge is 2.24. The number of hydrogen-bond donors (Lipinski definition) is 0. The molecule has 2 aromatic rings. The molecule has 20 heavy (non-hydrogen) atoms. The molecule has 0 atom stereocenters. The SMILES string of the molecule is COc1cc(-c2oncc2[N+](=O)[O-])cc(OC)c1OC. The zero-order chi connectivity index (χ0) is 14.7. The first-order chi connectivity index (χ1) is 9.62. The van der Waals surface area contributed by atoms with Gasteiger partial charge in [-0.25, -0.2) is 0 Å². The van der Waals surface area contributed by atoms with Crippen LogP contribution in [0.4, 0.5) is 5.69 Å². The van der Waals surface area contributed by atoms with Gasteiger partial charge in [0.2, 0.25) is 11.5 Å². The highest BCUT2D eigenvalue weighted by atomic mass is 16.6. The van der Waals surface area contributed by atoms with Crippen LogP contribution >= 0.6 is 0 Å². The second-order valence-corrected chi connectivity index (χ2v) is 3.71. The van der Waals surface area contributed by atoms with Gasteiger partial charge in [-0.2, -0.15) is 0 Å². The summed E-state index contributed by atoms with van der Waals surface area (Å²) in [5.41, 5.74) is 0.169. The number of benzene rings is 1. The lowest BCUT2D eigenvalue weighted by molar-refractivity contribution is -0.384. The minimum Gasteiger partial charge on any atom is -0.493 e. The van der Waals surface area contributed by atoms with Gasteiger partial charge in [0.25, 0.3) is 0 Å². The molecule has 0 unspecified atom stereocenters. The van der Waals surface area contributed by atoms with E-state index in [0.717, 1.165) is 6.20 Å². The van der Waals surface area contributed by atoms with Gasteiger partial charge in [0.15, 0.2) is 11.5 Å². The van der Waals surface area contributed by atoms with E-state index in [4.69, 9.17) is 18.7 Å². The molecule has 0 N–H and O–H groups in total. The summed E-state index contributed by atoms with van der Waals surface area (Å²) in [4.78, 5) is 10.3. The van der Waals surface area contributed by atoms with Gasteiger partial charge < -0.3 is 18.7 Å². The number of methoxy groups -OCH3 is 3. The zero-order valence-corrected chi connectivity index (χ0v) is 11.1. The van der Waals surface area contributed by atoms with Crippen LogP contribution in [0.3, 0.4) is 0 Å². The predicted molar refractivity (Wildman–Crippen MR) is 68.2 cm³/mol. The average molecular weight is 280 g/mol. The van der Waals surface area contributed by atoms with Crippen LogP contribution in [0.1, 0.15) is 0 Å². The van der Waals surface area contributed by atoms with E-state index < -0.39 is 4.92 Å². The van der Waals surface area contributed by atoms with Crippen LogP contribution in [0.5, 0.6) is 17.2 Å². The molecule has 8 nitrogen and oxygen atoms in total. The fourth-order valence-corrected chi connectivity index (χ4v) is 1.78. The second-order valence-electron chi connectivity index (χ2n) is 3.71. The van der Waals surface area contributed by atoms with Gasteiger partial charge in [-0.05, 0) is 12.1 Å². The van der Waals surface area contributed by atoms with Crippen molar-refractivity contribution in [3.05, 3.63) is 28.4 Å². The third kappa shape index (κ3) is 2.22. The summed E-state index contributed by atoms with van der Waals surface area (Å²) in [5.74, 6) is 1.15. The van der Waals surface area contributed by atoms with E-state index in [1.54, 1.807) is 12.1 Å². The van der Waals surface area contributed by atoms with Gasteiger partial charge in [-0.3, -0.25) is 10.1 Å². The molecule has 0 amide bonds. The summed E-state index contributed by atoms with van der Waals surface area (Å²) in [6.45, 7) is 0. The maximum absolute atomic E-state index is 10.9. The fraction of sp³-hybridized carbons (Fsp3) is 0.250. The van der Waals surface area contributed by atoms with E-state index in [9.17, 15) is 10.1 Å². The molecule has 1 heterocycles. The van der Waals surface area contributed by atoms with Crippen molar-refractivity contribution in [1.82, 2.24) is 5.16 Å². The summed E-state index contributed by atoms with van der Waals surface area (Å²) in [7, 11) is 4.38. The smallest absolute Gasteiger partial charge is 0.336 e. The molecule has 0 aliphatic rings. The van der Waals surface area contributed by atoms with Crippen LogP contribution in [0.15, 0.2) is 22.9 Å². The quantitative estimate of drug-likeness (QED) is 0.612. The lowest BCUT2D eigenvalue weighted by atomic mass is 10.1. The van der Waals surface area contributed by atoms with Gasteiger partial charge in [0.05, 0.1) is 26.3 Å². The first kappa shape index (κ1) is 13.7. The van der Waals surface area contributed by atoms with E-state index >= 15 is 0 Å². The maximum atomic E-state index is 10.9. The number of nitro groups is 1. The predicted octanol–water partition coefficient (Wildman–Crippen LogP) is 2.28. The van der Waals surface area contributed by atoms with E-state index in [2.05, 4.69) is 5.16 Å². The number of nitrogens with zero attached hydrogens (tertiary/aromatic N) is 2. The van der Waals surface area contributed by atoms with Gasteiger partial charge >= 0.3 is 5.69 Å². The molecule has 0 radical (unpaired) electrons. The minimum absolute atomic E-state index is 0.0225. The monoisotopic (exact) mass is 280 g/mol. The van der Waals surface area contributed by atoms with Crippen LogP contribution < -0.4 is 14.2 Å². The molecule has 0 fully saturated rings. The van der Waals surface area contributed by atoms with Crippen LogP contribution in [0.25, 0.3) is 11.3 Å². The third-order valence-corrected chi connectivity index (χ3v) is 2.68. The van der Waals surface area contributed by atoms with Crippen molar-refractivity contribution >= 4 is 5.69 Å². The topological polar surface area (TPSA) is 96.9 Å². The highest BCUT2D eigenvalue weighted by molar-refractivity contribution is 5.72. The molecule has 106 valence electrons. The zero-order valence-electron chi connectivity index (χ0n) is 11.1. The molecule has 0 saturated heterocycles. The summed E-state index contributed by atoms with van der Waals surface area (Å²) in [6, 6.07) is 3.10. The molecule has 1 aromatic heterocycles. The Balaban J connectivity index is 2.63. The van der Waals surface area contributed by atoms with Crippen molar-refractivity contribution in [1.29, 1.82) is 0 Å². The average Bonchev–Trinajstić information content (AvgIpc) is 2.95. The Bertz CT molecular complexity index is 612. The van der Waals surface area contributed by atoms with Gasteiger partial charge in [0, 0.05) is 5.56 Å². The van der Waals surface area contributed by atoms with Crippen LogP contribution in [0, 0.1) is 10.1 Å². The van der Waals surface area contributed by atoms with Crippen molar-refractivity contribution in [2.24, 2.45) is 0 Å². The normalized spacial score (nSPS) is 10.2. The molecule has 1 aromatic carbocycles. The van der Waals surface area contributed by atoms with Crippen LogP contribution in [0.2, 0.25) is 0 Å². The fourth-order valence-electron chi connectivity index (χ4n) is 1.78. The molecule has 0 bridgehead atoms. The number of rotatable bonds is 5. The van der Waals surface area contributed by atoms with Gasteiger partial charge in [-0.1, -0.05) is 5.16 Å². The summed E-state index contributed by atoms with van der Waals surface area (Å²) in [6.07, 6.45) is 1.04. The Labute approximate surface area is 114 Å². The molecule has 2 rings (SSSR count). The maximum Gasteiger partial charge on any atom is 0.336 e. The lowest BCUT2D eigenvalue weighted by Gasteiger charge is -2.12. The van der Waals surface area contributed by atoms with Crippen molar-refractivity contribution < 1.29 is 23.7 Å². The minimum atomic E-state index is -0.574. The number of aromatic nitrogens is 1. The van der Waals surface area contributed by atoms with E-state index in [0.29, 0.717) is 22.8 Å². The first-order valence-electron chi connectivity index (χ1n) is 5.51. The largest absolute Gasteiger partial charge is 0.493 e. The Morgan fingerprint density at radius 3 is 2.20 bits per heavy atom. The summed E-state index contributed by atoms with van der Waals surface area (Å²) in [5, 5.41) is 14.4. The van der Waals surface area contributed by atoms with Gasteiger partial charge in [0.1, 0.15) is 6.20 Å².